The first-order chi connectivity index (χ1) is 67.1. The van der Waals surface area contributed by atoms with Crippen LogP contribution in [0.4, 0.5) is 0 Å². The van der Waals surface area contributed by atoms with E-state index in [2.05, 4.69) is 21.3 Å². The van der Waals surface area contributed by atoms with Crippen molar-refractivity contribution in [1.82, 2.24) is 21.3 Å². The Hall–Kier alpha value is -4.28. The molecule has 62 heteroatoms. The number of hydrogen-bond donors (Lipinski definition) is 35. The third-order valence-corrected chi connectivity index (χ3v) is 26.6. The van der Waals surface area contributed by atoms with Crippen molar-refractivity contribution in [1.29, 1.82) is 0 Å². The Bertz CT molecular complexity index is 3940. The van der Waals surface area contributed by atoms with Gasteiger partial charge in [-0.1, -0.05) is 0 Å². The predicted octanol–water partition coefficient (Wildman–Crippen LogP) is -23.5. The number of ether oxygens (including phenoxy) is 23. The van der Waals surface area contributed by atoms with Crippen LogP contribution in [-0.4, -0.2) is 610 Å². The molecule has 0 bridgehead atoms. The molecule has 12 aliphatic heterocycles. The van der Waals surface area contributed by atoms with Crippen LogP contribution in [0.1, 0.15) is 48.5 Å². The van der Waals surface area contributed by atoms with E-state index in [0.29, 0.717) is 0 Å². The quantitative estimate of drug-likeness (QED) is 0.0280. The molecule has 0 saturated carbocycles. The maximum Gasteiger partial charge on any atom is 0.217 e. The van der Waals surface area contributed by atoms with Gasteiger partial charge in [-0.3, -0.25) is 19.2 Å². The zero-order chi connectivity index (χ0) is 104. The molecule has 0 spiro atoms. The van der Waals surface area contributed by atoms with Crippen molar-refractivity contribution in [2.45, 2.75) is 417 Å². The number of nitrogens with one attached hydrogen (secondary N) is 4. The van der Waals surface area contributed by atoms with Crippen LogP contribution in [0.25, 0.3) is 0 Å². The van der Waals surface area contributed by atoms with E-state index in [9.17, 15) is 177 Å². The zero-order valence-electron chi connectivity index (χ0n) is 76.9. The van der Waals surface area contributed by atoms with E-state index in [1.54, 1.807) is 0 Å². The Labute approximate surface area is 805 Å². The maximum absolute atomic E-state index is 13.4. The molecule has 822 valence electrons. The second-order valence-electron chi connectivity index (χ2n) is 36.6. The number of amides is 4. The minimum atomic E-state index is -2.70. The Morgan fingerprint density at radius 1 is 0.197 bits per heavy atom. The van der Waals surface area contributed by atoms with Crippen LogP contribution >= 0.6 is 0 Å². The van der Waals surface area contributed by atoms with Crippen molar-refractivity contribution in [2.75, 3.05) is 59.5 Å². The molecular formula is C80H134N4O58. The monoisotopic (exact) mass is 2080 g/mol. The van der Waals surface area contributed by atoms with E-state index >= 15 is 0 Å². The summed E-state index contributed by atoms with van der Waals surface area (Å²) in [6.07, 6.45) is -117. The Morgan fingerprint density at radius 2 is 0.430 bits per heavy atom. The molecule has 0 aromatic rings. The summed E-state index contributed by atoms with van der Waals surface area (Å²) >= 11 is 0. The molecule has 0 aliphatic carbocycles. The maximum atomic E-state index is 13.4. The Morgan fingerprint density at radius 3 is 0.768 bits per heavy atom. The van der Waals surface area contributed by atoms with Gasteiger partial charge in [-0.05, 0) is 20.8 Å². The van der Waals surface area contributed by atoms with E-state index in [1.807, 2.05) is 0 Å². The molecule has 12 rings (SSSR count). The highest BCUT2D eigenvalue weighted by Crippen LogP contribution is 2.43. The Kier molecular flexibility index (Phi) is 41.2. The summed E-state index contributed by atoms with van der Waals surface area (Å²) in [4.78, 5) is 52.5. The van der Waals surface area contributed by atoms with Crippen LogP contribution in [0.5, 0.6) is 0 Å². The zero-order valence-corrected chi connectivity index (χ0v) is 76.9. The number of hydrogen-bond acceptors (Lipinski definition) is 58. The predicted molar refractivity (Wildman–Crippen MR) is 437 cm³/mol. The summed E-state index contributed by atoms with van der Waals surface area (Å²) in [6, 6.07) is -8.01. The molecule has 35 N–H and O–H groups in total. The molecule has 0 aromatic carbocycles. The minimum Gasteiger partial charge on any atom is -0.394 e. The van der Waals surface area contributed by atoms with Gasteiger partial charge >= 0.3 is 0 Å². The van der Waals surface area contributed by atoms with Gasteiger partial charge in [0.25, 0.3) is 0 Å². The molecule has 4 amide bonds. The Balaban J connectivity index is 0.868. The summed E-state index contributed by atoms with van der Waals surface area (Å²) in [5, 5.41) is 360. The largest absolute Gasteiger partial charge is 0.394 e. The fourth-order valence-corrected chi connectivity index (χ4v) is 18.6. The number of aliphatic hydroxyl groups is 31. The second kappa shape index (κ2) is 50.3. The van der Waals surface area contributed by atoms with Gasteiger partial charge in [-0.15, -0.1) is 0 Å². The van der Waals surface area contributed by atoms with E-state index in [-0.39, 0.29) is 0 Å². The average molecular weight is 2080 g/mol. The van der Waals surface area contributed by atoms with Crippen LogP contribution in [0.2, 0.25) is 0 Å². The molecule has 12 saturated heterocycles. The van der Waals surface area contributed by atoms with E-state index in [0.717, 1.165) is 27.7 Å². The molecular weight excluding hydrogens is 1940 g/mol. The molecule has 12 aliphatic rings. The summed E-state index contributed by atoms with van der Waals surface area (Å²) < 4.78 is 138. The second-order valence-corrected chi connectivity index (χ2v) is 36.6. The number of rotatable bonds is 35. The molecule has 60 atom stereocenters. The number of aliphatic hydroxyl groups excluding tert-OH is 31. The first-order valence-corrected chi connectivity index (χ1v) is 45.7. The van der Waals surface area contributed by atoms with Gasteiger partial charge in [0, 0.05) is 27.7 Å². The van der Waals surface area contributed by atoms with Crippen LogP contribution < -0.4 is 21.3 Å². The summed E-state index contributed by atoms with van der Waals surface area (Å²) in [7, 11) is 0. The van der Waals surface area contributed by atoms with Gasteiger partial charge in [0.15, 0.2) is 75.5 Å². The van der Waals surface area contributed by atoms with E-state index in [4.69, 9.17) is 109 Å². The van der Waals surface area contributed by atoms with Gasteiger partial charge in [-0.25, -0.2) is 0 Å². The third-order valence-electron chi connectivity index (χ3n) is 26.6. The lowest BCUT2D eigenvalue weighted by Gasteiger charge is -2.51. The van der Waals surface area contributed by atoms with Crippen molar-refractivity contribution in [3.05, 3.63) is 0 Å². The number of carbonyl (C=O) groups is 4. The van der Waals surface area contributed by atoms with Gasteiger partial charge in [0.1, 0.15) is 274 Å². The lowest BCUT2D eigenvalue weighted by molar-refractivity contribution is -0.402. The fraction of sp³-hybridized carbons (Fsp3) is 0.950. The molecule has 62 nitrogen and oxygen atoms in total. The van der Waals surface area contributed by atoms with E-state index in [1.165, 1.54) is 20.8 Å². The van der Waals surface area contributed by atoms with Gasteiger partial charge in [0.05, 0.1) is 77.8 Å². The van der Waals surface area contributed by atoms with E-state index < -0.39 is 451 Å². The van der Waals surface area contributed by atoms with Gasteiger partial charge in [-0.2, -0.15) is 0 Å². The minimum absolute atomic E-state index is 0.868. The molecule has 142 heavy (non-hydrogen) atoms. The average Bonchev–Trinajstić information content (AvgIpc) is 0.765. The first kappa shape index (κ1) is 116. The van der Waals surface area contributed by atoms with Crippen molar-refractivity contribution in [3.63, 3.8) is 0 Å². The van der Waals surface area contributed by atoms with Crippen molar-refractivity contribution in [3.8, 4) is 0 Å². The topological polar surface area (TPSA) is 956 Å². The fourth-order valence-electron chi connectivity index (χ4n) is 18.6. The van der Waals surface area contributed by atoms with Crippen molar-refractivity contribution >= 4 is 23.6 Å². The summed E-state index contributed by atoms with van der Waals surface area (Å²) in [5.74, 6) is -3.94. The van der Waals surface area contributed by atoms with Crippen LogP contribution in [0, 0.1) is 0 Å². The van der Waals surface area contributed by atoms with Crippen LogP contribution in [0.15, 0.2) is 0 Å². The highest BCUT2D eigenvalue weighted by atomic mass is 16.8. The standard InChI is InChI=1S/C80H134N4O58/c1-17-37(96)49(108)56(115)73(122-17)120-16-32-63(45(104)33(69(119)125-32)81-20(4)92)134-70-34(82-21(5)93)46(105)60(28(12-89)130-70)135-76-59(118)64(138-80-66(53(112)41(100)27(11-88)129-80)140-72-36(84-23(7)95)48(107)62(30(14-91)132-72)137-79-68(55(114)43(102)26(10-87)128-79)142-75-58(117)51(110)39(98)19(3)124-75)44(103)31(133-76)15-121-77-65(52(111)40(99)24(8-85)126-77)139-71-35(83-22(6)94)47(106)61(29(13-90)131-71)136-78-67(54(113)42(101)25(9-86)127-78)141-74-57(116)50(109)38(97)18(2)123-74/h17-19,24-80,85-91,96-119H,8-16H2,1-7H3,(H,81,92)(H,82,93)(H,83,94)(H,84,95)/t17-,18+,19+,24-,25-,26-,27-,28-,29-,30-,31-,32-,33-,34-,35-,36+,37+,38-,39-,40-,41-,42+,43+,44-,45-,46-,47-,48-,49+,50-,51-,52+,53+,54+,55+,56-,57+,58+,59+,60-,61-,62-,63-,64+,65+,66+,67-,68-,69-,70+,71+,72+,73+,74+,75+,76+,77+,78+,79+,80-/m1/s1. The van der Waals surface area contributed by atoms with Crippen LogP contribution in [0.3, 0.4) is 0 Å². The highest BCUT2D eigenvalue weighted by molar-refractivity contribution is 5.74. The molecule has 12 fully saturated rings. The first-order valence-electron chi connectivity index (χ1n) is 45.7. The lowest BCUT2D eigenvalue weighted by atomic mass is 9.93. The lowest BCUT2D eigenvalue weighted by Crippen LogP contribution is -2.71. The highest BCUT2D eigenvalue weighted by Gasteiger charge is 2.64. The molecule has 12 heterocycles. The summed E-state index contributed by atoms with van der Waals surface area (Å²) in [5.41, 5.74) is 0. The SMILES string of the molecule is CC(=O)N[C@@H]1[C@H](O[C@@H]2[C@@H](O[C@@H]3[C@H](O)[C@H](O[C@H]4[C@H](O)[C@@H](NC(C)=O)[C@H](O[C@H]5[C@H](O)[C@@H](NC(C)=O)[C@H](O)O[C@@H]5CO[C@H]5O[C@H](C)[C@H](O)[C@H](O)[C@H]5O)O[C@@H]4CO)O[C@H](CO[C@H]4O[C@H](CO)[C@@H](O)[C@H](O)[C@@H]4O[C@@H]4O[C@H](CO)[C@@H](O[C@@H]5O[C@H](CO)[C@H](O)[C@H](O)[C@H]5O[C@@H]5O[C@@H](C)[C@@H](O)[C@@H](O)[C@@H]5O)[C@H](O)[C@H]4NC(C)=O)[C@H]3O)O[C@H](CO)[C@@H](O)[C@@H]2O)O[C@H](CO)[C@@H](O[C@@H]2O[C@H](CO)[C@H](O)[C@H](O)[C@H]2O[C@@H]2O[C@@H](C)[C@@H](O)[C@@H](O)[C@@H]2O)[C@@H]1O. The third kappa shape index (κ3) is 25.4. The number of carbonyl (C=O) groups excluding carboxylic acids is 4. The normalized spacial score (nSPS) is 50.9. The van der Waals surface area contributed by atoms with Gasteiger partial charge < -0.3 is 289 Å². The van der Waals surface area contributed by atoms with Gasteiger partial charge in [0.2, 0.25) is 23.6 Å². The molecule has 0 unspecified atom stereocenters. The van der Waals surface area contributed by atoms with Crippen LogP contribution in [-0.2, 0) is 128 Å². The molecule has 0 radical (unpaired) electrons. The van der Waals surface area contributed by atoms with Crippen molar-refractivity contribution < 1.29 is 286 Å². The smallest absolute Gasteiger partial charge is 0.217 e. The molecule has 0 aromatic heterocycles. The van der Waals surface area contributed by atoms with Crippen molar-refractivity contribution in [2.24, 2.45) is 0 Å². The summed E-state index contributed by atoms with van der Waals surface area (Å²) in [6.45, 7) is -3.08.